The highest BCUT2D eigenvalue weighted by Crippen LogP contribution is 2.10. The van der Waals surface area contributed by atoms with Gasteiger partial charge in [-0.2, -0.15) is 0 Å². The third-order valence-corrected chi connectivity index (χ3v) is 3.38. The Morgan fingerprint density at radius 2 is 1.88 bits per heavy atom. The zero-order valence-corrected chi connectivity index (χ0v) is 15.1. The number of hydrogen-bond acceptors (Lipinski definition) is 5. The van der Waals surface area contributed by atoms with Gasteiger partial charge in [-0.05, 0) is 26.7 Å². The van der Waals surface area contributed by atoms with Gasteiger partial charge < -0.3 is 20.5 Å². The van der Waals surface area contributed by atoms with E-state index in [1.807, 2.05) is 0 Å². The molecule has 3 N–H and O–H groups in total. The Morgan fingerprint density at radius 3 is 2.44 bits per heavy atom. The zero-order valence-electron chi connectivity index (χ0n) is 15.1. The highest BCUT2D eigenvalue weighted by molar-refractivity contribution is 5.86. The Morgan fingerprint density at radius 1 is 1.20 bits per heavy atom. The van der Waals surface area contributed by atoms with E-state index in [0.717, 1.165) is 0 Å². The topological polar surface area (TPSA) is 105 Å². The van der Waals surface area contributed by atoms with Crippen LogP contribution < -0.4 is 10.6 Å². The second-order valence-electron chi connectivity index (χ2n) is 5.95. The van der Waals surface area contributed by atoms with Gasteiger partial charge in [-0.25, -0.2) is 0 Å². The van der Waals surface area contributed by atoms with Gasteiger partial charge in [0.1, 0.15) is 6.10 Å². The van der Waals surface area contributed by atoms with Crippen molar-refractivity contribution in [1.82, 2.24) is 10.6 Å². The van der Waals surface area contributed by atoms with Crippen LogP contribution in [-0.4, -0.2) is 48.2 Å². The number of amides is 2. The summed E-state index contributed by atoms with van der Waals surface area (Å²) in [5.41, 5.74) is 0. The van der Waals surface area contributed by atoms with Crippen molar-refractivity contribution in [2.75, 3.05) is 13.2 Å². The molecule has 0 aliphatic rings. The Hall–Kier alpha value is -2.15. The monoisotopic (exact) mass is 354 g/mol. The van der Waals surface area contributed by atoms with Gasteiger partial charge in [0.25, 0.3) is 0 Å². The van der Waals surface area contributed by atoms with Crippen molar-refractivity contribution in [2.45, 2.75) is 51.7 Å². The molecular formula is C18H30N2O5. The Balaban J connectivity index is 4.39. The fourth-order valence-corrected chi connectivity index (χ4v) is 2.02. The van der Waals surface area contributed by atoms with Gasteiger partial charge in [0.05, 0.1) is 19.1 Å². The van der Waals surface area contributed by atoms with Gasteiger partial charge in [-0.1, -0.05) is 12.2 Å². The van der Waals surface area contributed by atoms with Crippen molar-refractivity contribution in [3.63, 3.8) is 0 Å². The van der Waals surface area contributed by atoms with Crippen molar-refractivity contribution >= 4 is 17.8 Å². The lowest BCUT2D eigenvalue weighted by molar-refractivity contribution is -0.148. The third-order valence-electron chi connectivity index (χ3n) is 3.38. The van der Waals surface area contributed by atoms with E-state index in [9.17, 15) is 14.4 Å². The summed E-state index contributed by atoms with van der Waals surface area (Å²) in [7, 11) is 0. The summed E-state index contributed by atoms with van der Waals surface area (Å²) in [6.07, 6.45) is 3.89. The predicted octanol–water partition coefficient (Wildman–Crippen LogP) is 1.08. The van der Waals surface area contributed by atoms with E-state index in [-0.39, 0.29) is 49.8 Å². The minimum Gasteiger partial charge on any atom is -0.461 e. The van der Waals surface area contributed by atoms with Gasteiger partial charge in [-0.15, -0.1) is 13.2 Å². The molecule has 0 saturated heterocycles. The summed E-state index contributed by atoms with van der Waals surface area (Å²) in [6.45, 7) is 10.5. The minimum atomic E-state index is -0.563. The van der Waals surface area contributed by atoms with Gasteiger partial charge in [-0.3, -0.25) is 14.4 Å². The molecule has 0 radical (unpaired) electrons. The Kier molecular flexibility index (Phi) is 12.0. The smallest absolute Gasteiger partial charge is 0.306 e. The molecule has 0 aromatic heterocycles. The average molecular weight is 354 g/mol. The molecule has 0 rings (SSSR count). The highest BCUT2D eigenvalue weighted by Gasteiger charge is 2.22. The van der Waals surface area contributed by atoms with Crippen molar-refractivity contribution in [3.05, 3.63) is 25.3 Å². The van der Waals surface area contributed by atoms with E-state index in [1.54, 1.807) is 26.0 Å². The van der Waals surface area contributed by atoms with Crippen LogP contribution in [0.15, 0.2) is 25.3 Å². The van der Waals surface area contributed by atoms with E-state index in [4.69, 9.17) is 9.84 Å². The summed E-state index contributed by atoms with van der Waals surface area (Å²) >= 11 is 0. The number of carbonyl (C=O) groups excluding carboxylic acids is 3. The van der Waals surface area contributed by atoms with Crippen LogP contribution in [0, 0.1) is 5.92 Å². The molecule has 0 heterocycles. The quantitative estimate of drug-likeness (QED) is 0.339. The molecule has 0 unspecified atom stereocenters. The number of nitrogens with one attached hydrogen (secondary N) is 2. The number of carbonyl (C=O) groups is 3. The number of esters is 1. The van der Waals surface area contributed by atoms with E-state index in [1.165, 1.54) is 0 Å². The van der Waals surface area contributed by atoms with Gasteiger partial charge in [0, 0.05) is 18.9 Å². The fourth-order valence-electron chi connectivity index (χ4n) is 2.02. The van der Waals surface area contributed by atoms with E-state index in [2.05, 4.69) is 23.8 Å². The SMILES string of the molecule is C=CCCC(=O)O[C@@H](C)CNC(=O)[C@H](CC=C)CC(=O)N[C@H](C)CO. The van der Waals surface area contributed by atoms with Crippen LogP contribution >= 0.6 is 0 Å². The first-order valence-electron chi connectivity index (χ1n) is 8.43. The standard InChI is InChI=1S/C18H30N2O5/c1-5-7-9-17(23)25-14(4)11-19-18(24)15(8-6-2)10-16(22)20-13(3)12-21/h5-6,13-15,21H,1-2,7-12H2,3-4H3,(H,19,24)(H,20,22)/t13-,14+,15-/m1/s1. The molecule has 7 heteroatoms. The molecule has 3 atom stereocenters. The van der Waals surface area contributed by atoms with Crippen LogP contribution in [0.2, 0.25) is 0 Å². The fraction of sp³-hybridized carbons (Fsp3) is 0.611. The number of aliphatic hydroxyl groups is 1. The predicted molar refractivity (Wildman–Crippen MR) is 95.6 cm³/mol. The molecule has 0 aromatic carbocycles. The number of hydrogen-bond donors (Lipinski definition) is 3. The largest absolute Gasteiger partial charge is 0.461 e. The number of aliphatic hydroxyl groups excluding tert-OH is 1. The van der Waals surface area contributed by atoms with Gasteiger partial charge in [0.2, 0.25) is 11.8 Å². The average Bonchev–Trinajstić information content (AvgIpc) is 2.57. The van der Waals surface area contributed by atoms with Gasteiger partial charge >= 0.3 is 5.97 Å². The second-order valence-corrected chi connectivity index (χ2v) is 5.95. The first kappa shape index (κ1) is 22.9. The molecule has 0 saturated carbocycles. The molecule has 0 fully saturated rings. The molecule has 2 amide bonds. The molecule has 25 heavy (non-hydrogen) atoms. The molecule has 0 bridgehead atoms. The van der Waals surface area contributed by atoms with Crippen molar-refractivity contribution in [2.24, 2.45) is 5.92 Å². The molecule has 0 aliphatic heterocycles. The Labute approximate surface area is 149 Å². The van der Waals surface area contributed by atoms with Crippen LogP contribution in [-0.2, 0) is 19.1 Å². The number of ether oxygens (including phenoxy) is 1. The van der Waals surface area contributed by atoms with Crippen LogP contribution in [0.5, 0.6) is 0 Å². The maximum Gasteiger partial charge on any atom is 0.306 e. The lowest BCUT2D eigenvalue weighted by Gasteiger charge is -2.19. The van der Waals surface area contributed by atoms with Crippen LogP contribution in [0.4, 0.5) is 0 Å². The van der Waals surface area contributed by atoms with Crippen LogP contribution in [0.25, 0.3) is 0 Å². The summed E-state index contributed by atoms with van der Waals surface area (Å²) < 4.78 is 5.16. The van der Waals surface area contributed by atoms with Crippen LogP contribution in [0.1, 0.15) is 39.5 Å². The van der Waals surface area contributed by atoms with Crippen LogP contribution in [0.3, 0.4) is 0 Å². The molecule has 0 aromatic rings. The van der Waals surface area contributed by atoms with E-state index < -0.39 is 12.0 Å². The Bertz CT molecular complexity index is 464. The number of rotatable bonds is 13. The molecule has 0 spiro atoms. The normalized spacial score (nSPS) is 13.9. The van der Waals surface area contributed by atoms with Crippen molar-refractivity contribution < 1.29 is 24.2 Å². The van der Waals surface area contributed by atoms with Gasteiger partial charge in [0.15, 0.2) is 0 Å². The van der Waals surface area contributed by atoms with Crippen molar-refractivity contribution in [3.8, 4) is 0 Å². The molecule has 142 valence electrons. The third kappa shape index (κ3) is 11.1. The minimum absolute atomic E-state index is 0.00427. The van der Waals surface area contributed by atoms with Crippen molar-refractivity contribution in [1.29, 1.82) is 0 Å². The maximum absolute atomic E-state index is 12.2. The molecule has 7 nitrogen and oxygen atoms in total. The molecule has 0 aliphatic carbocycles. The first-order valence-corrected chi connectivity index (χ1v) is 8.43. The second kappa shape index (κ2) is 13.2. The highest BCUT2D eigenvalue weighted by atomic mass is 16.5. The summed E-state index contributed by atoms with van der Waals surface area (Å²) in [5.74, 6) is -1.53. The molecular weight excluding hydrogens is 324 g/mol. The first-order chi connectivity index (χ1) is 11.8. The maximum atomic E-state index is 12.2. The summed E-state index contributed by atoms with van der Waals surface area (Å²) in [5, 5.41) is 14.2. The van der Waals surface area contributed by atoms with E-state index >= 15 is 0 Å². The lowest BCUT2D eigenvalue weighted by Crippen LogP contribution is -2.41. The summed E-state index contributed by atoms with van der Waals surface area (Å²) in [4.78, 5) is 35.6. The lowest BCUT2D eigenvalue weighted by atomic mass is 9.99. The zero-order chi connectivity index (χ0) is 19.2. The number of allylic oxidation sites excluding steroid dienone is 2. The summed E-state index contributed by atoms with van der Waals surface area (Å²) in [6, 6.07) is -0.366. The van der Waals surface area contributed by atoms with E-state index in [0.29, 0.717) is 12.8 Å².